The normalized spacial score (nSPS) is 10.9. The number of anilines is 1. The van der Waals surface area contributed by atoms with Crippen LogP contribution in [0.15, 0.2) is 60.7 Å². The van der Waals surface area contributed by atoms with Crippen LogP contribution in [-0.2, 0) is 0 Å². The molecule has 0 saturated carbocycles. The van der Waals surface area contributed by atoms with Crippen LogP contribution in [0.25, 0.3) is 20.8 Å². The highest BCUT2D eigenvalue weighted by molar-refractivity contribution is 7.21. The molecule has 0 fully saturated rings. The number of hydrogen-bond donors (Lipinski definition) is 1. The largest absolute Gasteiger partial charge is 0.322 e. The third kappa shape index (κ3) is 3.80. The number of carbonyl (C=O) groups is 1. The summed E-state index contributed by atoms with van der Waals surface area (Å²) in [5.41, 5.74) is 2.66. The molecule has 0 radical (unpaired) electrons. The van der Waals surface area contributed by atoms with Crippen LogP contribution in [0.1, 0.15) is 10.4 Å². The quantitative estimate of drug-likeness (QED) is 0.372. The van der Waals surface area contributed by atoms with Crippen LogP contribution < -0.4 is 5.32 Å². The van der Waals surface area contributed by atoms with Crippen LogP contribution in [0.2, 0.25) is 15.1 Å². The summed E-state index contributed by atoms with van der Waals surface area (Å²) >= 11 is 20.0. The third-order valence-electron chi connectivity index (χ3n) is 3.93. The van der Waals surface area contributed by atoms with Crippen LogP contribution >= 0.6 is 46.1 Å². The average Bonchev–Trinajstić information content (AvgIpc) is 3.05. The molecule has 1 heterocycles. The number of halogens is 3. The molecule has 134 valence electrons. The second-order valence-corrected chi connectivity index (χ2v) is 8.04. The predicted molar refractivity (Wildman–Crippen MR) is 114 cm³/mol. The summed E-state index contributed by atoms with van der Waals surface area (Å²) in [6, 6.07) is 18.0. The maximum absolute atomic E-state index is 12.4. The number of nitrogens with zero attached hydrogens (tertiary/aromatic N) is 1. The Kier molecular flexibility index (Phi) is 5.06. The molecular weight excluding hydrogens is 423 g/mol. The zero-order valence-corrected chi connectivity index (χ0v) is 16.8. The lowest BCUT2D eigenvalue weighted by atomic mass is 10.2. The van der Waals surface area contributed by atoms with Gasteiger partial charge in [-0.25, -0.2) is 4.98 Å². The fourth-order valence-corrected chi connectivity index (χ4v) is 4.45. The lowest BCUT2D eigenvalue weighted by Gasteiger charge is -2.09. The molecule has 4 aromatic rings. The molecule has 3 nitrogen and oxygen atoms in total. The van der Waals surface area contributed by atoms with E-state index in [4.69, 9.17) is 34.8 Å². The molecule has 0 atom stereocenters. The molecule has 1 N–H and O–H groups in total. The van der Waals surface area contributed by atoms with Crippen molar-refractivity contribution in [2.24, 2.45) is 0 Å². The van der Waals surface area contributed by atoms with Gasteiger partial charge in [-0.3, -0.25) is 4.79 Å². The van der Waals surface area contributed by atoms with Gasteiger partial charge in [-0.15, -0.1) is 11.3 Å². The Bertz CT molecular complexity index is 1140. The maximum Gasteiger partial charge on any atom is 0.257 e. The number of carbonyl (C=O) groups excluding carboxylic acids is 1. The second kappa shape index (κ2) is 7.49. The van der Waals surface area contributed by atoms with E-state index in [9.17, 15) is 4.79 Å². The van der Waals surface area contributed by atoms with Gasteiger partial charge in [0, 0.05) is 16.3 Å². The lowest BCUT2D eigenvalue weighted by molar-refractivity contribution is 0.102. The average molecular weight is 434 g/mol. The van der Waals surface area contributed by atoms with E-state index >= 15 is 0 Å². The molecule has 4 rings (SSSR count). The first kappa shape index (κ1) is 18.3. The monoisotopic (exact) mass is 432 g/mol. The number of para-hydroxylation sites is 1. The van der Waals surface area contributed by atoms with Crippen molar-refractivity contribution in [2.45, 2.75) is 0 Å². The standard InChI is InChI=1S/C20H11Cl3N2OS/c21-11-5-7-13(15(22)9-11)19(26)24-12-6-8-14(16(23)10-12)20-25-17-3-1-2-4-18(17)27-20/h1-10H,(H,24,26). The van der Waals surface area contributed by atoms with Gasteiger partial charge in [-0.1, -0.05) is 46.9 Å². The first-order chi connectivity index (χ1) is 13.0. The van der Waals surface area contributed by atoms with E-state index in [1.807, 2.05) is 30.3 Å². The summed E-state index contributed by atoms with van der Waals surface area (Å²) in [7, 11) is 0. The van der Waals surface area contributed by atoms with Crippen molar-refractivity contribution >= 4 is 68.0 Å². The van der Waals surface area contributed by atoms with Gasteiger partial charge in [0.2, 0.25) is 0 Å². The van der Waals surface area contributed by atoms with Gasteiger partial charge in [0.15, 0.2) is 0 Å². The third-order valence-corrected chi connectivity index (χ3v) is 5.86. The summed E-state index contributed by atoms with van der Waals surface area (Å²) in [6.45, 7) is 0. The van der Waals surface area contributed by atoms with Gasteiger partial charge in [-0.05, 0) is 48.5 Å². The molecule has 0 aliphatic rings. The zero-order valence-electron chi connectivity index (χ0n) is 13.7. The molecular formula is C20H11Cl3N2OS. The summed E-state index contributed by atoms with van der Waals surface area (Å²) in [5, 5.41) is 4.90. The van der Waals surface area contributed by atoms with E-state index in [0.29, 0.717) is 21.3 Å². The van der Waals surface area contributed by atoms with Gasteiger partial charge in [-0.2, -0.15) is 0 Å². The fourth-order valence-electron chi connectivity index (χ4n) is 2.63. The molecule has 0 spiro atoms. The number of fused-ring (bicyclic) bond motifs is 1. The van der Waals surface area contributed by atoms with E-state index in [-0.39, 0.29) is 10.9 Å². The van der Waals surface area contributed by atoms with Gasteiger partial charge in [0.25, 0.3) is 5.91 Å². The summed E-state index contributed by atoms with van der Waals surface area (Å²) < 4.78 is 1.10. The Balaban J connectivity index is 1.60. The first-order valence-electron chi connectivity index (χ1n) is 7.93. The van der Waals surface area contributed by atoms with E-state index in [1.54, 1.807) is 35.6 Å². The molecule has 1 amide bonds. The number of thiazole rings is 1. The topological polar surface area (TPSA) is 42.0 Å². The van der Waals surface area contributed by atoms with Gasteiger partial charge >= 0.3 is 0 Å². The maximum atomic E-state index is 12.4. The zero-order chi connectivity index (χ0) is 19.0. The minimum Gasteiger partial charge on any atom is -0.322 e. The summed E-state index contributed by atoms with van der Waals surface area (Å²) in [6.07, 6.45) is 0. The molecule has 1 aromatic heterocycles. The van der Waals surface area contributed by atoms with Crippen molar-refractivity contribution in [2.75, 3.05) is 5.32 Å². The Labute approximate surface area is 174 Å². The smallest absolute Gasteiger partial charge is 0.257 e. The van der Waals surface area contributed by atoms with Crippen LogP contribution in [0.3, 0.4) is 0 Å². The minimum absolute atomic E-state index is 0.289. The number of amides is 1. The Morgan fingerprint density at radius 3 is 2.48 bits per heavy atom. The minimum atomic E-state index is -0.333. The molecule has 0 aliphatic heterocycles. The highest BCUT2D eigenvalue weighted by Crippen LogP contribution is 2.35. The Hall–Kier alpha value is -2.11. The first-order valence-corrected chi connectivity index (χ1v) is 9.88. The predicted octanol–water partition coefficient (Wildman–Crippen LogP) is 7.18. The molecule has 0 bridgehead atoms. The van der Waals surface area contributed by atoms with Crippen LogP contribution in [0.4, 0.5) is 5.69 Å². The lowest BCUT2D eigenvalue weighted by Crippen LogP contribution is -2.12. The number of nitrogens with one attached hydrogen (secondary N) is 1. The van der Waals surface area contributed by atoms with E-state index in [2.05, 4.69) is 10.3 Å². The highest BCUT2D eigenvalue weighted by atomic mass is 35.5. The second-order valence-electron chi connectivity index (χ2n) is 5.76. The van der Waals surface area contributed by atoms with Gasteiger partial charge in [0.1, 0.15) is 5.01 Å². The summed E-state index contributed by atoms with van der Waals surface area (Å²) in [5.74, 6) is -0.333. The van der Waals surface area contributed by atoms with Crippen molar-refractivity contribution in [3.63, 3.8) is 0 Å². The summed E-state index contributed by atoms with van der Waals surface area (Å²) in [4.78, 5) is 17.1. The van der Waals surface area contributed by atoms with Crippen molar-refractivity contribution in [1.29, 1.82) is 0 Å². The number of aromatic nitrogens is 1. The number of hydrogen-bond acceptors (Lipinski definition) is 3. The molecule has 0 aliphatic carbocycles. The fraction of sp³-hybridized carbons (Fsp3) is 0. The molecule has 27 heavy (non-hydrogen) atoms. The Morgan fingerprint density at radius 1 is 0.926 bits per heavy atom. The van der Waals surface area contributed by atoms with Gasteiger partial charge in [0.05, 0.1) is 25.8 Å². The molecule has 7 heteroatoms. The van der Waals surface area contributed by atoms with Gasteiger partial charge < -0.3 is 5.32 Å². The molecule has 0 unspecified atom stereocenters. The van der Waals surface area contributed by atoms with Crippen LogP contribution in [0.5, 0.6) is 0 Å². The van der Waals surface area contributed by atoms with E-state index in [1.165, 1.54) is 6.07 Å². The van der Waals surface area contributed by atoms with Crippen molar-refractivity contribution in [1.82, 2.24) is 4.98 Å². The van der Waals surface area contributed by atoms with Crippen molar-refractivity contribution in [3.8, 4) is 10.6 Å². The molecule has 3 aromatic carbocycles. The van der Waals surface area contributed by atoms with Crippen molar-refractivity contribution in [3.05, 3.63) is 81.3 Å². The number of benzene rings is 3. The van der Waals surface area contributed by atoms with E-state index < -0.39 is 0 Å². The highest BCUT2D eigenvalue weighted by Gasteiger charge is 2.14. The van der Waals surface area contributed by atoms with Crippen molar-refractivity contribution < 1.29 is 4.79 Å². The van der Waals surface area contributed by atoms with Crippen LogP contribution in [0, 0.1) is 0 Å². The Morgan fingerprint density at radius 2 is 1.74 bits per heavy atom. The van der Waals surface area contributed by atoms with Crippen LogP contribution in [-0.4, -0.2) is 10.9 Å². The SMILES string of the molecule is O=C(Nc1ccc(-c2nc3ccccc3s2)c(Cl)c1)c1ccc(Cl)cc1Cl. The van der Waals surface area contributed by atoms with E-state index in [0.717, 1.165) is 20.8 Å². The number of rotatable bonds is 3. The molecule has 0 saturated heterocycles.